The average molecular weight is 439 g/mol. The summed E-state index contributed by atoms with van der Waals surface area (Å²) in [5.74, 6) is -6.26. The number of morpholine rings is 1. The van der Waals surface area contributed by atoms with Crippen molar-refractivity contribution >= 4 is 11.9 Å². The Morgan fingerprint density at radius 3 is 2.13 bits per heavy atom. The zero-order valence-electron chi connectivity index (χ0n) is 16.1. The van der Waals surface area contributed by atoms with Crippen LogP contribution < -0.4 is 10.1 Å². The van der Waals surface area contributed by atoms with Crippen molar-refractivity contribution in [2.24, 2.45) is 0 Å². The molecule has 31 heavy (non-hydrogen) atoms. The zero-order valence-corrected chi connectivity index (χ0v) is 16.1. The highest BCUT2D eigenvalue weighted by Crippen LogP contribution is 2.31. The van der Waals surface area contributed by atoms with Gasteiger partial charge in [0.1, 0.15) is 11.9 Å². The summed E-state index contributed by atoms with van der Waals surface area (Å²) in [5.41, 5.74) is 0.726. The van der Waals surface area contributed by atoms with Gasteiger partial charge in [0.05, 0.1) is 6.61 Å². The minimum atomic E-state index is -1.26. The van der Waals surface area contributed by atoms with E-state index in [2.05, 4.69) is 5.32 Å². The zero-order chi connectivity index (χ0) is 22.8. The van der Waals surface area contributed by atoms with Crippen molar-refractivity contribution in [2.75, 3.05) is 19.7 Å². The molecule has 1 fully saturated rings. The van der Waals surface area contributed by atoms with Gasteiger partial charge in [-0.25, -0.2) is 22.8 Å². The van der Waals surface area contributed by atoms with Crippen LogP contribution in [0.1, 0.15) is 11.7 Å². The molecule has 3 N–H and O–H groups in total. The van der Waals surface area contributed by atoms with Gasteiger partial charge < -0.3 is 25.0 Å². The van der Waals surface area contributed by atoms with Crippen molar-refractivity contribution < 1.29 is 42.4 Å². The average Bonchev–Trinajstić information content (AvgIpc) is 2.73. The summed E-state index contributed by atoms with van der Waals surface area (Å²) in [5, 5.41) is 18.8. The van der Waals surface area contributed by atoms with Gasteiger partial charge in [-0.1, -0.05) is 30.3 Å². The first-order chi connectivity index (χ1) is 14.8. The number of aliphatic carboxylic acids is 2. The van der Waals surface area contributed by atoms with Crippen molar-refractivity contribution in [2.45, 2.75) is 12.2 Å². The number of halogens is 3. The number of carboxylic acid groups (broad SMARTS) is 2. The third-order valence-corrected chi connectivity index (χ3v) is 4.00. The van der Waals surface area contributed by atoms with Crippen LogP contribution in [0.5, 0.6) is 5.75 Å². The smallest absolute Gasteiger partial charge is 0.328 e. The number of carbonyl (C=O) groups is 2. The number of nitrogens with one attached hydrogen (secondary N) is 1. The van der Waals surface area contributed by atoms with Crippen LogP contribution in [0.25, 0.3) is 0 Å². The lowest BCUT2D eigenvalue weighted by atomic mass is 10.0. The summed E-state index contributed by atoms with van der Waals surface area (Å²) in [7, 11) is 0. The molecule has 7 nitrogen and oxygen atoms in total. The van der Waals surface area contributed by atoms with Crippen molar-refractivity contribution in [3.63, 3.8) is 0 Å². The molecule has 0 bridgehead atoms. The number of carboxylic acids is 2. The first-order valence-corrected chi connectivity index (χ1v) is 9.10. The molecule has 2 atom stereocenters. The first-order valence-electron chi connectivity index (χ1n) is 9.10. The summed E-state index contributed by atoms with van der Waals surface area (Å²) in [4.78, 5) is 19.1. The van der Waals surface area contributed by atoms with Crippen LogP contribution >= 0.6 is 0 Å². The predicted molar refractivity (Wildman–Crippen MR) is 103 cm³/mol. The Morgan fingerprint density at radius 2 is 1.65 bits per heavy atom. The molecular weight excluding hydrogens is 419 g/mol. The van der Waals surface area contributed by atoms with Gasteiger partial charge in [0.2, 0.25) is 0 Å². The third-order valence-electron chi connectivity index (χ3n) is 4.00. The van der Waals surface area contributed by atoms with E-state index >= 15 is 0 Å². The maximum atomic E-state index is 13.9. The maximum Gasteiger partial charge on any atom is 0.328 e. The molecular formula is C21H20F3NO6. The molecule has 0 radical (unpaired) electrons. The van der Waals surface area contributed by atoms with E-state index in [4.69, 9.17) is 19.7 Å². The van der Waals surface area contributed by atoms with Gasteiger partial charge in [-0.15, -0.1) is 0 Å². The molecule has 10 heteroatoms. The van der Waals surface area contributed by atoms with Gasteiger partial charge in [-0.05, 0) is 5.56 Å². The molecule has 2 aromatic carbocycles. The van der Waals surface area contributed by atoms with Gasteiger partial charge in [-0.2, -0.15) is 0 Å². The van der Waals surface area contributed by atoms with Crippen molar-refractivity contribution in [3.8, 4) is 5.75 Å². The van der Waals surface area contributed by atoms with Crippen LogP contribution in [-0.2, 0) is 14.3 Å². The Hall–Kier alpha value is -3.37. The quantitative estimate of drug-likeness (QED) is 0.595. The van der Waals surface area contributed by atoms with Crippen molar-refractivity contribution in [1.82, 2.24) is 5.32 Å². The number of benzene rings is 2. The van der Waals surface area contributed by atoms with Crippen LogP contribution in [0.2, 0.25) is 0 Å². The molecule has 3 rings (SSSR count). The fourth-order valence-electron chi connectivity index (χ4n) is 2.69. The number of hydrogen-bond donors (Lipinski definition) is 3. The van der Waals surface area contributed by atoms with Crippen LogP contribution in [0.3, 0.4) is 0 Å². The largest absolute Gasteiger partial charge is 0.478 e. The van der Waals surface area contributed by atoms with E-state index in [1.807, 2.05) is 6.07 Å². The molecule has 0 spiro atoms. The molecule has 0 saturated carbocycles. The third kappa shape index (κ3) is 7.76. The van der Waals surface area contributed by atoms with Gasteiger partial charge in [0.15, 0.2) is 23.5 Å². The van der Waals surface area contributed by atoms with E-state index in [-0.39, 0.29) is 0 Å². The first kappa shape index (κ1) is 23.9. The highest BCUT2D eigenvalue weighted by atomic mass is 19.1. The topological polar surface area (TPSA) is 105 Å². The monoisotopic (exact) mass is 439 g/mol. The fourth-order valence-corrected chi connectivity index (χ4v) is 2.69. The lowest BCUT2D eigenvalue weighted by Gasteiger charge is -2.31. The highest BCUT2D eigenvalue weighted by Gasteiger charge is 2.29. The molecule has 0 aromatic heterocycles. The Morgan fingerprint density at radius 1 is 1.06 bits per heavy atom. The lowest BCUT2D eigenvalue weighted by molar-refractivity contribution is -0.134. The number of ether oxygens (including phenoxy) is 2. The summed E-state index contributed by atoms with van der Waals surface area (Å²) in [6.45, 7) is 1.67. The summed E-state index contributed by atoms with van der Waals surface area (Å²) in [6, 6.07) is 10.2. The van der Waals surface area contributed by atoms with E-state index in [0.717, 1.165) is 5.56 Å². The van der Waals surface area contributed by atoms with Crippen LogP contribution in [0.15, 0.2) is 54.6 Å². The van der Waals surface area contributed by atoms with Gasteiger partial charge in [0.25, 0.3) is 0 Å². The van der Waals surface area contributed by atoms with Crippen molar-refractivity contribution in [3.05, 3.63) is 77.6 Å². The van der Waals surface area contributed by atoms with E-state index in [1.165, 1.54) is 0 Å². The molecule has 0 unspecified atom stereocenters. The summed E-state index contributed by atoms with van der Waals surface area (Å²) >= 11 is 0. The second-order valence-electron chi connectivity index (χ2n) is 6.27. The molecule has 1 heterocycles. The standard InChI is InChI=1S/C17H16F3NO2.C4H4O4/c18-12-8-13(19)17(14(20)9-12)23-16(11-4-2-1-3-5-11)15-10-21-6-7-22-15;5-3(6)1-2-4(7)8/h1-5,8-9,15-16,21H,6-7,10H2;1-2H,(H,5,6)(H,7,8)/b;2-1+/t15-,16-;/m0./s1. The van der Waals surface area contributed by atoms with Crippen LogP contribution in [0, 0.1) is 17.5 Å². The number of rotatable bonds is 6. The lowest BCUT2D eigenvalue weighted by Crippen LogP contribution is -2.43. The Balaban J connectivity index is 0.000000366. The minimum Gasteiger partial charge on any atom is -0.478 e. The normalized spacial score (nSPS) is 16.8. The molecule has 1 aliphatic rings. The molecule has 0 amide bonds. The van der Waals surface area contributed by atoms with Gasteiger partial charge >= 0.3 is 11.9 Å². The Bertz CT molecular complexity index is 878. The molecule has 166 valence electrons. The second-order valence-corrected chi connectivity index (χ2v) is 6.27. The fraction of sp³-hybridized carbons (Fsp3) is 0.238. The predicted octanol–water partition coefficient (Wildman–Crippen LogP) is 2.92. The van der Waals surface area contributed by atoms with Crippen LogP contribution in [-0.4, -0.2) is 48.0 Å². The molecule has 2 aromatic rings. The van der Waals surface area contributed by atoms with Gasteiger partial charge in [-0.3, -0.25) is 0 Å². The highest BCUT2D eigenvalue weighted by molar-refractivity contribution is 5.89. The van der Waals surface area contributed by atoms with Crippen LogP contribution in [0.4, 0.5) is 13.2 Å². The number of hydrogen-bond acceptors (Lipinski definition) is 5. The van der Waals surface area contributed by atoms with E-state index in [1.54, 1.807) is 24.3 Å². The van der Waals surface area contributed by atoms with E-state index in [9.17, 15) is 22.8 Å². The van der Waals surface area contributed by atoms with Gasteiger partial charge in [0, 0.05) is 37.4 Å². The summed E-state index contributed by atoms with van der Waals surface area (Å²) < 4.78 is 52.1. The van der Waals surface area contributed by atoms with E-state index < -0.39 is 47.3 Å². The SMILES string of the molecule is Fc1cc(F)c(O[C@@H](c2ccccc2)[C@@H]2CNCCO2)c(F)c1.O=C(O)/C=C/C(=O)O. The molecule has 1 saturated heterocycles. The van der Waals surface area contributed by atoms with Crippen molar-refractivity contribution in [1.29, 1.82) is 0 Å². The minimum absolute atomic E-state index is 0.407. The molecule has 0 aliphatic carbocycles. The maximum absolute atomic E-state index is 13.9. The molecule has 1 aliphatic heterocycles. The van der Waals surface area contributed by atoms with E-state index in [0.29, 0.717) is 44.0 Å². The Kier molecular flexibility index (Phi) is 9.04. The summed E-state index contributed by atoms with van der Waals surface area (Å²) in [6.07, 6.45) is -0.00142. The second kappa shape index (κ2) is 11.7. The Labute approximate surface area is 175 Å².